The molecule has 0 bridgehead atoms. The number of carbonyl (C=O) groups is 2. The van der Waals surface area contributed by atoms with Crippen LogP contribution < -0.4 is 20.1 Å². The molecule has 0 aliphatic rings. The molecule has 7 nitrogen and oxygen atoms in total. The summed E-state index contributed by atoms with van der Waals surface area (Å²) in [6, 6.07) is 20.1. The van der Waals surface area contributed by atoms with Gasteiger partial charge >= 0.3 is 0 Å². The van der Waals surface area contributed by atoms with E-state index in [2.05, 4.69) is 15.6 Å². The Kier molecular flexibility index (Phi) is 9.05. The van der Waals surface area contributed by atoms with Gasteiger partial charge in [0.05, 0.1) is 32.1 Å². The summed E-state index contributed by atoms with van der Waals surface area (Å²) < 4.78 is 10.6. The first-order valence-corrected chi connectivity index (χ1v) is 13.4. The van der Waals surface area contributed by atoms with E-state index in [0.717, 1.165) is 21.7 Å². The molecule has 3 aromatic carbocycles. The van der Waals surface area contributed by atoms with Gasteiger partial charge < -0.3 is 20.1 Å². The van der Waals surface area contributed by atoms with Gasteiger partial charge in [-0.25, -0.2) is 4.98 Å². The number of anilines is 2. The Labute approximate surface area is 228 Å². The zero-order valence-electron chi connectivity index (χ0n) is 20.1. The Morgan fingerprint density at radius 3 is 2.49 bits per heavy atom. The van der Waals surface area contributed by atoms with Crippen molar-refractivity contribution in [1.82, 2.24) is 4.98 Å². The van der Waals surface area contributed by atoms with Crippen LogP contribution >= 0.6 is 34.7 Å². The number of ether oxygens (including phenoxy) is 2. The lowest BCUT2D eigenvalue weighted by Gasteiger charge is -2.08. The highest BCUT2D eigenvalue weighted by atomic mass is 35.5. The normalized spacial score (nSPS) is 10.6. The van der Waals surface area contributed by atoms with Crippen molar-refractivity contribution in [3.8, 4) is 22.8 Å². The number of hydrogen-bond donors (Lipinski definition) is 2. The van der Waals surface area contributed by atoms with Crippen molar-refractivity contribution in [1.29, 1.82) is 0 Å². The number of thiazole rings is 1. The van der Waals surface area contributed by atoms with Gasteiger partial charge in [-0.2, -0.15) is 0 Å². The Hall–Kier alpha value is -3.53. The molecule has 0 unspecified atom stereocenters. The molecule has 0 spiro atoms. The van der Waals surface area contributed by atoms with Crippen molar-refractivity contribution in [2.24, 2.45) is 0 Å². The highest BCUT2D eigenvalue weighted by molar-refractivity contribution is 8.00. The predicted molar refractivity (Wildman–Crippen MR) is 150 cm³/mol. The fraction of sp³-hybridized carbons (Fsp3) is 0.148. The minimum Gasteiger partial charge on any atom is -0.493 e. The summed E-state index contributed by atoms with van der Waals surface area (Å²) in [7, 11) is 3.16. The van der Waals surface area contributed by atoms with Gasteiger partial charge in [-0.05, 0) is 54.1 Å². The van der Waals surface area contributed by atoms with Crippen LogP contribution in [0.5, 0.6) is 11.5 Å². The lowest BCUT2D eigenvalue weighted by atomic mass is 10.1. The maximum Gasteiger partial charge on any atom is 0.236 e. The summed E-state index contributed by atoms with van der Waals surface area (Å²) in [5.41, 5.74) is 3.14. The maximum absolute atomic E-state index is 12.5. The average molecular weight is 554 g/mol. The number of amides is 2. The predicted octanol–water partition coefficient (Wildman–Crippen LogP) is 6.39. The summed E-state index contributed by atoms with van der Waals surface area (Å²) in [6.07, 6.45) is 0.246. The van der Waals surface area contributed by atoms with E-state index >= 15 is 0 Å². The fourth-order valence-corrected chi connectivity index (χ4v) is 5.04. The second-order valence-corrected chi connectivity index (χ2v) is 10.2. The van der Waals surface area contributed by atoms with Crippen LogP contribution in [0.15, 0.2) is 77.0 Å². The van der Waals surface area contributed by atoms with Crippen molar-refractivity contribution in [2.45, 2.75) is 11.3 Å². The number of methoxy groups -OCH3 is 2. The van der Waals surface area contributed by atoms with Gasteiger partial charge in [0.2, 0.25) is 11.8 Å². The number of hydrogen-bond acceptors (Lipinski definition) is 7. The van der Waals surface area contributed by atoms with Gasteiger partial charge in [0.1, 0.15) is 0 Å². The van der Waals surface area contributed by atoms with Crippen molar-refractivity contribution in [3.05, 3.63) is 82.7 Å². The molecule has 10 heteroatoms. The van der Waals surface area contributed by atoms with E-state index in [-0.39, 0.29) is 24.0 Å². The number of halogens is 1. The zero-order chi connectivity index (χ0) is 26.2. The van der Waals surface area contributed by atoms with Crippen LogP contribution in [-0.4, -0.2) is 36.8 Å². The molecule has 0 fully saturated rings. The third-order valence-corrected chi connectivity index (χ3v) is 7.20. The molecule has 2 N–H and O–H groups in total. The first kappa shape index (κ1) is 26.5. The quantitative estimate of drug-likeness (QED) is 0.221. The molecule has 1 heterocycles. The second-order valence-electron chi connectivity index (χ2n) is 7.82. The third-order valence-electron chi connectivity index (χ3n) is 5.20. The van der Waals surface area contributed by atoms with E-state index in [1.807, 2.05) is 60.0 Å². The van der Waals surface area contributed by atoms with Gasteiger partial charge in [-0.15, -0.1) is 23.1 Å². The first-order chi connectivity index (χ1) is 17.9. The molecular formula is C27H24ClN3O4S2. The molecule has 0 radical (unpaired) electrons. The van der Waals surface area contributed by atoms with Crippen LogP contribution in [0.1, 0.15) is 5.56 Å². The van der Waals surface area contributed by atoms with Crippen LogP contribution in [-0.2, 0) is 16.0 Å². The van der Waals surface area contributed by atoms with Crippen molar-refractivity contribution in [2.75, 3.05) is 30.6 Å². The molecule has 37 heavy (non-hydrogen) atoms. The van der Waals surface area contributed by atoms with Gasteiger partial charge in [0.25, 0.3) is 0 Å². The first-order valence-electron chi connectivity index (χ1n) is 11.2. The Balaban J connectivity index is 1.29. The van der Waals surface area contributed by atoms with E-state index in [4.69, 9.17) is 21.1 Å². The molecule has 4 rings (SSSR count). The van der Waals surface area contributed by atoms with Crippen LogP contribution in [0.2, 0.25) is 5.02 Å². The number of nitrogens with zero attached hydrogens (tertiary/aromatic N) is 1. The Morgan fingerprint density at radius 1 is 0.946 bits per heavy atom. The highest BCUT2D eigenvalue weighted by Crippen LogP contribution is 2.33. The second kappa shape index (κ2) is 12.6. The third kappa shape index (κ3) is 7.48. The van der Waals surface area contributed by atoms with Gasteiger partial charge in [-0.1, -0.05) is 29.8 Å². The molecule has 4 aromatic rings. The number of rotatable bonds is 10. The fourth-order valence-electron chi connectivity index (χ4n) is 3.42. The smallest absolute Gasteiger partial charge is 0.236 e. The number of nitrogens with one attached hydrogen (secondary N) is 2. The standard InChI is InChI=1S/C27H24ClN3O4S2/c1-34-23-11-8-18(13-24(23)35-2)22-15-37-27(30-22)31-26(33)16-36-21-5-3-4-20(14-21)29-25(32)12-17-6-9-19(28)10-7-17/h3-11,13-15H,12,16H2,1-2H3,(H,29,32)(H,30,31,33). The van der Waals surface area contributed by atoms with Gasteiger partial charge in [0.15, 0.2) is 16.6 Å². The van der Waals surface area contributed by atoms with Gasteiger partial charge in [-0.3, -0.25) is 9.59 Å². The SMILES string of the molecule is COc1ccc(-c2csc(NC(=O)CSc3cccc(NC(=O)Cc4ccc(Cl)cc4)c3)n2)cc1OC. The van der Waals surface area contributed by atoms with Crippen molar-refractivity contribution >= 4 is 57.3 Å². The Bertz CT molecular complexity index is 1390. The number of aromatic nitrogens is 1. The number of thioether (sulfide) groups is 1. The summed E-state index contributed by atoms with van der Waals surface area (Å²) in [5.74, 6) is 1.15. The van der Waals surface area contributed by atoms with Gasteiger partial charge in [0, 0.05) is 26.5 Å². The molecule has 0 aliphatic heterocycles. The summed E-state index contributed by atoms with van der Waals surface area (Å²) in [4.78, 5) is 30.3. The van der Waals surface area contributed by atoms with E-state index in [9.17, 15) is 9.59 Å². The Morgan fingerprint density at radius 2 is 1.73 bits per heavy atom. The topological polar surface area (TPSA) is 89.6 Å². The summed E-state index contributed by atoms with van der Waals surface area (Å²) in [6.45, 7) is 0. The van der Waals surface area contributed by atoms with Crippen LogP contribution in [0.4, 0.5) is 10.8 Å². The van der Waals surface area contributed by atoms with Crippen LogP contribution in [0.3, 0.4) is 0 Å². The average Bonchev–Trinajstić information content (AvgIpc) is 3.37. The number of benzene rings is 3. The minimum atomic E-state index is -0.171. The van der Waals surface area contributed by atoms with Crippen molar-refractivity contribution in [3.63, 3.8) is 0 Å². The van der Waals surface area contributed by atoms with Crippen molar-refractivity contribution < 1.29 is 19.1 Å². The van der Waals surface area contributed by atoms with E-state index in [1.54, 1.807) is 26.4 Å². The molecule has 190 valence electrons. The molecule has 0 aliphatic carbocycles. The molecule has 0 saturated carbocycles. The monoisotopic (exact) mass is 553 g/mol. The highest BCUT2D eigenvalue weighted by Gasteiger charge is 2.12. The van der Waals surface area contributed by atoms with E-state index in [1.165, 1.54) is 23.1 Å². The minimum absolute atomic E-state index is 0.128. The number of carbonyl (C=O) groups excluding carboxylic acids is 2. The van der Waals surface area contributed by atoms with E-state index < -0.39 is 0 Å². The van der Waals surface area contributed by atoms with E-state index in [0.29, 0.717) is 27.3 Å². The largest absolute Gasteiger partial charge is 0.493 e. The molecule has 0 saturated heterocycles. The molecule has 1 aromatic heterocycles. The van der Waals surface area contributed by atoms with Crippen LogP contribution in [0, 0.1) is 0 Å². The zero-order valence-corrected chi connectivity index (χ0v) is 22.5. The molecule has 2 amide bonds. The molecule has 0 atom stereocenters. The molecular weight excluding hydrogens is 530 g/mol. The summed E-state index contributed by atoms with van der Waals surface area (Å²) in [5, 5.41) is 8.76. The lowest BCUT2D eigenvalue weighted by Crippen LogP contribution is -2.15. The maximum atomic E-state index is 12.5. The lowest BCUT2D eigenvalue weighted by molar-refractivity contribution is -0.115. The summed E-state index contributed by atoms with van der Waals surface area (Å²) >= 11 is 8.62. The van der Waals surface area contributed by atoms with Crippen LogP contribution in [0.25, 0.3) is 11.3 Å².